The summed E-state index contributed by atoms with van der Waals surface area (Å²) in [4.78, 5) is 24.5. The number of hydrogen-bond donors (Lipinski definition) is 2. The summed E-state index contributed by atoms with van der Waals surface area (Å²) in [6.45, 7) is 7.31. The summed E-state index contributed by atoms with van der Waals surface area (Å²) in [5, 5.41) is 11.7. The summed E-state index contributed by atoms with van der Waals surface area (Å²) in [6.07, 6.45) is 0.702. The highest BCUT2D eigenvalue weighted by Gasteiger charge is 2.21. The molecule has 1 aromatic rings. The predicted octanol–water partition coefficient (Wildman–Crippen LogP) is 3.02. The fourth-order valence-corrected chi connectivity index (χ4v) is 1.85. The number of aryl methyl sites for hydroxylation is 2. The Balaban J connectivity index is 2.90. The third kappa shape index (κ3) is 4.26. The van der Waals surface area contributed by atoms with E-state index in [1.807, 2.05) is 45.9 Å². The van der Waals surface area contributed by atoms with E-state index in [4.69, 9.17) is 5.11 Å². The van der Waals surface area contributed by atoms with Gasteiger partial charge in [-0.25, -0.2) is 4.79 Å². The molecule has 1 unspecified atom stereocenters. The molecule has 0 heterocycles. The molecule has 0 fully saturated rings. The molecule has 0 aliphatic rings. The smallest absolute Gasteiger partial charge is 0.323 e. The maximum atomic E-state index is 12.3. The van der Waals surface area contributed by atoms with Gasteiger partial charge in [-0.05, 0) is 44.4 Å². The average molecular weight is 278 g/mol. The maximum absolute atomic E-state index is 12.3. The van der Waals surface area contributed by atoms with Gasteiger partial charge in [0.1, 0.15) is 6.54 Å². The summed E-state index contributed by atoms with van der Waals surface area (Å²) >= 11 is 0. The third-order valence-electron chi connectivity index (χ3n) is 3.32. The third-order valence-corrected chi connectivity index (χ3v) is 3.32. The molecular formula is C15H22N2O3. The van der Waals surface area contributed by atoms with Crippen LogP contribution < -0.4 is 5.32 Å². The minimum Gasteiger partial charge on any atom is -0.480 e. The first-order valence-electron chi connectivity index (χ1n) is 6.71. The van der Waals surface area contributed by atoms with E-state index in [0.717, 1.165) is 11.1 Å². The Bertz CT molecular complexity index is 500. The zero-order valence-electron chi connectivity index (χ0n) is 12.4. The Morgan fingerprint density at radius 3 is 2.55 bits per heavy atom. The van der Waals surface area contributed by atoms with Crippen molar-refractivity contribution in [2.45, 2.75) is 40.2 Å². The number of urea groups is 1. The number of hydrogen-bond acceptors (Lipinski definition) is 2. The van der Waals surface area contributed by atoms with Crippen molar-refractivity contribution in [3.05, 3.63) is 29.3 Å². The molecule has 1 aromatic carbocycles. The van der Waals surface area contributed by atoms with Crippen LogP contribution in [-0.2, 0) is 4.79 Å². The van der Waals surface area contributed by atoms with Gasteiger partial charge in [0.05, 0.1) is 0 Å². The summed E-state index contributed by atoms with van der Waals surface area (Å²) in [5.74, 6) is -1.01. The molecule has 2 amide bonds. The van der Waals surface area contributed by atoms with Crippen molar-refractivity contribution in [3.8, 4) is 0 Å². The van der Waals surface area contributed by atoms with Crippen LogP contribution in [0.3, 0.4) is 0 Å². The van der Waals surface area contributed by atoms with Gasteiger partial charge in [-0.3, -0.25) is 4.79 Å². The number of anilines is 1. The number of nitrogens with zero attached hydrogens (tertiary/aromatic N) is 1. The second-order valence-corrected chi connectivity index (χ2v) is 5.03. The summed E-state index contributed by atoms with van der Waals surface area (Å²) in [7, 11) is 0. The molecular weight excluding hydrogens is 256 g/mol. The molecule has 110 valence electrons. The SMILES string of the molecule is CCC(C)N(CC(=O)O)C(=O)Nc1cc(C)ccc1C. The minimum atomic E-state index is -1.01. The van der Waals surface area contributed by atoms with Crippen LogP contribution >= 0.6 is 0 Å². The van der Waals surface area contributed by atoms with Crippen LogP contribution in [0.25, 0.3) is 0 Å². The van der Waals surface area contributed by atoms with Crippen LogP contribution in [0.15, 0.2) is 18.2 Å². The van der Waals surface area contributed by atoms with Gasteiger partial charge in [-0.2, -0.15) is 0 Å². The molecule has 1 atom stereocenters. The molecule has 20 heavy (non-hydrogen) atoms. The number of nitrogens with one attached hydrogen (secondary N) is 1. The van der Waals surface area contributed by atoms with Gasteiger partial charge in [-0.15, -0.1) is 0 Å². The van der Waals surface area contributed by atoms with E-state index in [1.54, 1.807) is 0 Å². The quantitative estimate of drug-likeness (QED) is 0.869. The zero-order valence-corrected chi connectivity index (χ0v) is 12.4. The molecule has 2 N–H and O–H groups in total. The Morgan fingerprint density at radius 2 is 2.00 bits per heavy atom. The number of benzene rings is 1. The van der Waals surface area contributed by atoms with Gasteiger partial charge in [0, 0.05) is 11.7 Å². The number of rotatable bonds is 5. The maximum Gasteiger partial charge on any atom is 0.323 e. The van der Waals surface area contributed by atoms with Gasteiger partial charge in [-0.1, -0.05) is 19.1 Å². The van der Waals surface area contributed by atoms with Crippen LogP contribution in [0, 0.1) is 13.8 Å². The molecule has 5 nitrogen and oxygen atoms in total. The van der Waals surface area contributed by atoms with Gasteiger partial charge < -0.3 is 15.3 Å². The van der Waals surface area contributed by atoms with E-state index in [1.165, 1.54) is 4.90 Å². The van der Waals surface area contributed by atoms with E-state index in [-0.39, 0.29) is 18.6 Å². The lowest BCUT2D eigenvalue weighted by atomic mass is 10.1. The average Bonchev–Trinajstić information content (AvgIpc) is 2.39. The number of carbonyl (C=O) groups excluding carboxylic acids is 1. The van der Waals surface area contributed by atoms with E-state index < -0.39 is 5.97 Å². The summed E-state index contributed by atoms with van der Waals surface area (Å²) in [5.41, 5.74) is 2.70. The fourth-order valence-electron chi connectivity index (χ4n) is 1.85. The van der Waals surface area contributed by atoms with Crippen LogP contribution in [-0.4, -0.2) is 34.6 Å². The van der Waals surface area contributed by atoms with Crippen LogP contribution in [0.2, 0.25) is 0 Å². The van der Waals surface area contributed by atoms with Crippen molar-refractivity contribution < 1.29 is 14.7 Å². The molecule has 0 saturated carbocycles. The Morgan fingerprint density at radius 1 is 1.35 bits per heavy atom. The second kappa shape index (κ2) is 6.93. The predicted molar refractivity (Wildman–Crippen MR) is 79.0 cm³/mol. The van der Waals surface area contributed by atoms with Crippen molar-refractivity contribution in [2.75, 3.05) is 11.9 Å². The normalized spacial score (nSPS) is 11.8. The molecule has 0 saturated heterocycles. The Labute approximate surface area is 119 Å². The lowest BCUT2D eigenvalue weighted by molar-refractivity contribution is -0.138. The number of carbonyl (C=O) groups is 2. The molecule has 0 aromatic heterocycles. The highest BCUT2D eigenvalue weighted by Crippen LogP contribution is 2.17. The summed E-state index contributed by atoms with van der Waals surface area (Å²) < 4.78 is 0. The highest BCUT2D eigenvalue weighted by atomic mass is 16.4. The minimum absolute atomic E-state index is 0.129. The van der Waals surface area contributed by atoms with E-state index in [9.17, 15) is 9.59 Å². The Hall–Kier alpha value is -2.04. The topological polar surface area (TPSA) is 69.6 Å². The fraction of sp³-hybridized carbons (Fsp3) is 0.467. The van der Waals surface area contributed by atoms with Crippen molar-refractivity contribution in [3.63, 3.8) is 0 Å². The van der Waals surface area contributed by atoms with Gasteiger partial charge in [0.15, 0.2) is 0 Å². The van der Waals surface area contributed by atoms with Gasteiger partial charge in [0.25, 0.3) is 0 Å². The lowest BCUT2D eigenvalue weighted by Crippen LogP contribution is -2.44. The van der Waals surface area contributed by atoms with Crippen LogP contribution in [0.5, 0.6) is 0 Å². The van der Waals surface area contributed by atoms with Crippen molar-refractivity contribution >= 4 is 17.7 Å². The first-order valence-corrected chi connectivity index (χ1v) is 6.71. The van der Waals surface area contributed by atoms with E-state index >= 15 is 0 Å². The van der Waals surface area contributed by atoms with Crippen LogP contribution in [0.4, 0.5) is 10.5 Å². The highest BCUT2D eigenvalue weighted by molar-refractivity contribution is 5.92. The number of aliphatic carboxylic acids is 1. The molecule has 5 heteroatoms. The molecule has 0 spiro atoms. The van der Waals surface area contributed by atoms with Crippen molar-refractivity contribution in [2.24, 2.45) is 0 Å². The standard InChI is InChI=1S/C15H22N2O3/c1-5-12(4)17(9-14(18)19)15(20)16-13-8-10(2)6-7-11(13)3/h6-8,12H,5,9H2,1-4H3,(H,16,20)(H,18,19). The largest absolute Gasteiger partial charge is 0.480 e. The number of carboxylic acid groups (broad SMARTS) is 1. The molecule has 1 rings (SSSR count). The zero-order chi connectivity index (χ0) is 15.3. The van der Waals surface area contributed by atoms with E-state index in [2.05, 4.69) is 5.32 Å². The van der Waals surface area contributed by atoms with Gasteiger partial charge in [0.2, 0.25) is 0 Å². The van der Waals surface area contributed by atoms with Crippen molar-refractivity contribution in [1.82, 2.24) is 4.90 Å². The molecule has 0 radical (unpaired) electrons. The van der Waals surface area contributed by atoms with Crippen LogP contribution in [0.1, 0.15) is 31.4 Å². The van der Waals surface area contributed by atoms with Gasteiger partial charge >= 0.3 is 12.0 Å². The molecule has 0 aliphatic carbocycles. The monoisotopic (exact) mass is 278 g/mol. The first-order chi connectivity index (χ1) is 9.35. The molecule has 0 aliphatic heterocycles. The number of amides is 2. The van der Waals surface area contributed by atoms with Crippen molar-refractivity contribution in [1.29, 1.82) is 0 Å². The summed E-state index contributed by atoms with van der Waals surface area (Å²) in [6, 6.07) is 5.26. The lowest BCUT2D eigenvalue weighted by Gasteiger charge is -2.27. The Kier molecular flexibility index (Phi) is 5.55. The number of carboxylic acids is 1. The molecule has 0 bridgehead atoms. The second-order valence-electron chi connectivity index (χ2n) is 5.03. The first kappa shape index (κ1) is 16.0. The van der Waals surface area contributed by atoms with E-state index in [0.29, 0.717) is 12.1 Å².